The van der Waals surface area contributed by atoms with E-state index in [1.807, 2.05) is 37.3 Å². The van der Waals surface area contributed by atoms with Gasteiger partial charge in [0.2, 0.25) is 5.91 Å². The van der Waals surface area contributed by atoms with E-state index in [0.717, 1.165) is 16.5 Å². The molecule has 7 nitrogen and oxygen atoms in total. The Morgan fingerprint density at radius 3 is 2.57 bits per heavy atom. The number of hydrogen-bond donors (Lipinski definition) is 3. The number of nitrogens with one attached hydrogen (secondary N) is 2. The predicted octanol–water partition coefficient (Wildman–Crippen LogP) is 1.01. The maximum absolute atomic E-state index is 12.8. The van der Waals surface area contributed by atoms with Gasteiger partial charge in [0.05, 0.1) is 0 Å². The average molecular weight is 380 g/mol. The quantitative estimate of drug-likeness (QED) is 0.553. The smallest absolute Gasteiger partial charge is 0.336 e. The summed E-state index contributed by atoms with van der Waals surface area (Å²) in [5, 5.41) is 6.29. The Balaban J connectivity index is 1.83. The summed E-state index contributed by atoms with van der Waals surface area (Å²) in [6.45, 7) is 1.86. The molecule has 1 unspecified atom stereocenters. The normalized spacial score (nSPS) is 11.8. The summed E-state index contributed by atoms with van der Waals surface area (Å²) in [5.74, 6) is -0.670. The lowest BCUT2D eigenvalue weighted by Crippen LogP contribution is -2.59. The standard InChI is InChI=1S/C21H21N3O4/c1-13-9-20(26)28-18-11-15(7-8-16(13)18)23-21(27)17(24-19(25)12-22)10-14-5-3-2-4-6-14/h2-9,11,17H,10,12,22H2,1H3,(H,23,27)(H,24,25)/p+1. The van der Waals surface area contributed by atoms with Crippen LogP contribution in [0, 0.1) is 6.92 Å². The second-order valence-electron chi connectivity index (χ2n) is 6.51. The number of carbonyl (C=O) groups excluding carboxylic acids is 2. The fourth-order valence-electron chi connectivity index (χ4n) is 2.96. The topological polar surface area (TPSA) is 116 Å². The van der Waals surface area contributed by atoms with Crippen molar-refractivity contribution in [1.29, 1.82) is 0 Å². The molecule has 0 aliphatic rings. The van der Waals surface area contributed by atoms with Gasteiger partial charge in [0.25, 0.3) is 5.91 Å². The lowest BCUT2D eigenvalue weighted by molar-refractivity contribution is -0.355. The Morgan fingerprint density at radius 2 is 1.86 bits per heavy atom. The first-order valence-corrected chi connectivity index (χ1v) is 8.94. The Labute approximate surface area is 161 Å². The predicted molar refractivity (Wildman–Crippen MR) is 106 cm³/mol. The summed E-state index contributed by atoms with van der Waals surface area (Å²) in [6.07, 6.45) is 0.347. The van der Waals surface area contributed by atoms with Crippen molar-refractivity contribution in [2.24, 2.45) is 0 Å². The monoisotopic (exact) mass is 380 g/mol. The Morgan fingerprint density at radius 1 is 1.11 bits per heavy atom. The van der Waals surface area contributed by atoms with Crippen LogP contribution in [0.4, 0.5) is 5.69 Å². The van der Waals surface area contributed by atoms with Crippen molar-refractivity contribution in [2.45, 2.75) is 19.4 Å². The van der Waals surface area contributed by atoms with Gasteiger partial charge in [-0.1, -0.05) is 30.3 Å². The highest BCUT2D eigenvalue weighted by atomic mass is 16.4. The van der Waals surface area contributed by atoms with E-state index < -0.39 is 11.7 Å². The van der Waals surface area contributed by atoms with Crippen molar-refractivity contribution >= 4 is 28.5 Å². The number of fused-ring (bicyclic) bond motifs is 1. The van der Waals surface area contributed by atoms with Crippen LogP contribution in [0.2, 0.25) is 0 Å². The molecule has 7 heteroatoms. The van der Waals surface area contributed by atoms with E-state index in [1.165, 1.54) is 6.07 Å². The molecule has 0 fully saturated rings. The largest absolute Gasteiger partial charge is 0.423 e. The number of benzene rings is 2. The van der Waals surface area contributed by atoms with E-state index in [9.17, 15) is 14.4 Å². The first-order chi connectivity index (χ1) is 13.5. The van der Waals surface area contributed by atoms with Crippen LogP contribution in [0.25, 0.3) is 11.0 Å². The number of hydrogen-bond acceptors (Lipinski definition) is 4. The molecule has 0 spiro atoms. The number of amides is 2. The van der Waals surface area contributed by atoms with Crippen LogP contribution in [0.3, 0.4) is 0 Å². The molecule has 28 heavy (non-hydrogen) atoms. The van der Waals surface area contributed by atoms with Crippen LogP contribution in [0.5, 0.6) is 0 Å². The SMILES string of the molecule is Cc1cc(=O)oc2cc(NC(=O)C(Cc3ccccc3)NC(=O)C[NH3+])ccc12. The van der Waals surface area contributed by atoms with Crippen molar-refractivity contribution in [3.05, 3.63) is 76.1 Å². The molecule has 0 saturated heterocycles. The molecular formula is C21H22N3O4+. The second-order valence-corrected chi connectivity index (χ2v) is 6.51. The molecule has 2 aromatic carbocycles. The van der Waals surface area contributed by atoms with E-state index in [4.69, 9.17) is 4.42 Å². The van der Waals surface area contributed by atoms with Gasteiger partial charge in [-0.2, -0.15) is 0 Å². The molecule has 0 aliphatic carbocycles. The Bertz CT molecular complexity index is 1060. The third-order valence-electron chi connectivity index (χ3n) is 4.38. The summed E-state index contributed by atoms with van der Waals surface area (Å²) in [5.41, 5.74) is 5.70. The van der Waals surface area contributed by atoms with Crippen molar-refractivity contribution in [2.75, 3.05) is 11.9 Å². The number of carbonyl (C=O) groups is 2. The fourth-order valence-corrected chi connectivity index (χ4v) is 2.96. The number of quaternary nitrogens is 1. The number of aryl methyl sites for hydroxylation is 1. The molecule has 0 saturated carbocycles. The molecule has 1 atom stereocenters. The molecular weight excluding hydrogens is 358 g/mol. The average Bonchev–Trinajstić information content (AvgIpc) is 2.67. The lowest BCUT2D eigenvalue weighted by atomic mass is 10.0. The van der Waals surface area contributed by atoms with Crippen molar-refractivity contribution in [3.63, 3.8) is 0 Å². The molecule has 0 radical (unpaired) electrons. The molecule has 0 aliphatic heterocycles. The van der Waals surface area contributed by atoms with E-state index >= 15 is 0 Å². The van der Waals surface area contributed by atoms with Crippen LogP contribution in [0.1, 0.15) is 11.1 Å². The third kappa shape index (κ3) is 4.63. The van der Waals surface area contributed by atoms with Crippen LogP contribution in [-0.4, -0.2) is 24.4 Å². The molecule has 1 aromatic heterocycles. The van der Waals surface area contributed by atoms with Gasteiger partial charge in [0.1, 0.15) is 11.6 Å². The van der Waals surface area contributed by atoms with E-state index in [2.05, 4.69) is 16.4 Å². The van der Waals surface area contributed by atoms with Gasteiger partial charge in [-0.15, -0.1) is 0 Å². The van der Waals surface area contributed by atoms with Crippen LogP contribution < -0.4 is 22.0 Å². The first kappa shape index (κ1) is 19.3. The summed E-state index contributed by atoms with van der Waals surface area (Å²) < 4.78 is 5.22. The van der Waals surface area contributed by atoms with Crippen LogP contribution >= 0.6 is 0 Å². The minimum absolute atomic E-state index is 0.0407. The van der Waals surface area contributed by atoms with E-state index in [0.29, 0.717) is 17.7 Å². The maximum Gasteiger partial charge on any atom is 0.336 e. The highest BCUT2D eigenvalue weighted by molar-refractivity contribution is 5.98. The van der Waals surface area contributed by atoms with Gasteiger partial charge in [0.15, 0.2) is 6.54 Å². The minimum Gasteiger partial charge on any atom is -0.423 e. The zero-order valence-electron chi connectivity index (χ0n) is 15.5. The van der Waals surface area contributed by atoms with Crippen molar-refractivity contribution in [1.82, 2.24) is 5.32 Å². The zero-order chi connectivity index (χ0) is 20.1. The molecule has 144 valence electrons. The maximum atomic E-state index is 12.8. The highest BCUT2D eigenvalue weighted by Gasteiger charge is 2.21. The number of rotatable bonds is 6. The highest BCUT2D eigenvalue weighted by Crippen LogP contribution is 2.21. The van der Waals surface area contributed by atoms with Crippen molar-refractivity contribution in [3.8, 4) is 0 Å². The van der Waals surface area contributed by atoms with Gasteiger partial charge in [-0.25, -0.2) is 4.79 Å². The molecule has 3 aromatic rings. The fraction of sp³-hybridized carbons (Fsp3) is 0.190. The summed E-state index contributed by atoms with van der Waals surface area (Å²) in [7, 11) is 0. The Hall–Kier alpha value is -3.45. The zero-order valence-corrected chi connectivity index (χ0v) is 15.5. The van der Waals surface area contributed by atoms with Gasteiger partial charge < -0.3 is 20.8 Å². The van der Waals surface area contributed by atoms with E-state index in [-0.39, 0.29) is 18.4 Å². The summed E-state index contributed by atoms with van der Waals surface area (Å²) in [6, 6.07) is 15.2. The van der Waals surface area contributed by atoms with Crippen LogP contribution in [0.15, 0.2) is 63.8 Å². The first-order valence-electron chi connectivity index (χ1n) is 8.94. The molecule has 1 heterocycles. The van der Waals surface area contributed by atoms with E-state index in [1.54, 1.807) is 18.2 Å². The molecule has 5 N–H and O–H groups in total. The number of anilines is 1. The second kappa shape index (κ2) is 8.49. The Kier molecular flexibility index (Phi) is 5.86. The van der Waals surface area contributed by atoms with Gasteiger partial charge in [-0.3, -0.25) is 9.59 Å². The lowest BCUT2D eigenvalue weighted by Gasteiger charge is -2.18. The third-order valence-corrected chi connectivity index (χ3v) is 4.38. The molecule has 3 rings (SSSR count). The summed E-state index contributed by atoms with van der Waals surface area (Å²) in [4.78, 5) is 36.2. The minimum atomic E-state index is -0.753. The van der Waals surface area contributed by atoms with Crippen LogP contribution in [-0.2, 0) is 16.0 Å². The van der Waals surface area contributed by atoms with Gasteiger partial charge in [0, 0.05) is 29.6 Å². The molecule has 2 amide bonds. The summed E-state index contributed by atoms with van der Waals surface area (Å²) >= 11 is 0. The van der Waals surface area contributed by atoms with Gasteiger partial charge >= 0.3 is 5.63 Å². The molecule has 0 bridgehead atoms. The van der Waals surface area contributed by atoms with Crippen molar-refractivity contribution < 1.29 is 19.7 Å². The van der Waals surface area contributed by atoms with Gasteiger partial charge in [-0.05, 0) is 30.2 Å².